The van der Waals surface area contributed by atoms with Gasteiger partial charge in [-0.25, -0.2) is 0 Å². The van der Waals surface area contributed by atoms with Crippen molar-refractivity contribution in [3.8, 4) is 5.75 Å². The van der Waals surface area contributed by atoms with Gasteiger partial charge in [0.15, 0.2) is 0 Å². The molecule has 1 heterocycles. The minimum atomic E-state index is -0.446. The second-order valence-corrected chi connectivity index (χ2v) is 5.69. The minimum Gasteiger partial charge on any atom is -0.494 e. The van der Waals surface area contributed by atoms with Crippen LogP contribution in [0, 0.1) is 0 Å². The first-order chi connectivity index (χ1) is 10.1. The van der Waals surface area contributed by atoms with Gasteiger partial charge in [0.25, 0.3) is 0 Å². The maximum atomic E-state index is 9.77. The molecule has 1 aliphatic heterocycles. The Balaban J connectivity index is 2.08. The van der Waals surface area contributed by atoms with E-state index in [9.17, 15) is 5.11 Å². The first-order valence-corrected chi connectivity index (χ1v) is 7.82. The molecule has 21 heavy (non-hydrogen) atoms. The van der Waals surface area contributed by atoms with Crippen molar-refractivity contribution >= 4 is 0 Å². The highest BCUT2D eigenvalue weighted by Crippen LogP contribution is 2.26. The van der Waals surface area contributed by atoms with Gasteiger partial charge in [-0.1, -0.05) is 6.07 Å². The van der Waals surface area contributed by atoms with Crippen LogP contribution in [-0.2, 0) is 11.3 Å². The van der Waals surface area contributed by atoms with Crippen LogP contribution in [0.3, 0.4) is 0 Å². The Kier molecular flexibility index (Phi) is 6.03. The maximum absolute atomic E-state index is 9.77. The normalized spacial score (nSPS) is 18.7. The fraction of sp³-hybridized carbons (Fsp3) is 0.647. The molecule has 1 aliphatic rings. The molecule has 0 amide bonds. The quantitative estimate of drug-likeness (QED) is 0.875. The van der Waals surface area contributed by atoms with Gasteiger partial charge in [0, 0.05) is 32.3 Å². The first kappa shape index (κ1) is 16.3. The zero-order valence-electron chi connectivity index (χ0n) is 13.3. The summed E-state index contributed by atoms with van der Waals surface area (Å²) < 4.78 is 11.1. The average Bonchev–Trinajstić information content (AvgIpc) is 2.50. The van der Waals surface area contributed by atoms with Crippen molar-refractivity contribution in [2.75, 3.05) is 26.8 Å². The van der Waals surface area contributed by atoms with E-state index in [0.29, 0.717) is 12.7 Å². The highest BCUT2D eigenvalue weighted by atomic mass is 16.5. The molecule has 0 bridgehead atoms. The van der Waals surface area contributed by atoms with Gasteiger partial charge in [0.2, 0.25) is 0 Å². The van der Waals surface area contributed by atoms with E-state index >= 15 is 0 Å². The van der Waals surface area contributed by atoms with Gasteiger partial charge in [0.1, 0.15) is 5.75 Å². The van der Waals surface area contributed by atoms with Crippen molar-refractivity contribution in [1.82, 2.24) is 4.90 Å². The number of nitrogens with zero attached hydrogens (tertiary/aromatic N) is 1. The molecule has 1 fully saturated rings. The van der Waals surface area contributed by atoms with Crippen molar-refractivity contribution in [1.29, 1.82) is 0 Å². The lowest BCUT2D eigenvalue weighted by atomic mass is 10.0. The minimum absolute atomic E-state index is 0.399. The van der Waals surface area contributed by atoms with E-state index in [-0.39, 0.29) is 0 Å². The number of rotatable bonds is 6. The SMILES string of the molecule is CCOc1ccc(C(C)O)cc1CN1CCC(OC)CC1. The van der Waals surface area contributed by atoms with Crippen LogP contribution in [0.2, 0.25) is 0 Å². The predicted octanol–water partition coefficient (Wildman–Crippen LogP) is 2.75. The van der Waals surface area contributed by atoms with Crippen LogP contribution in [0.5, 0.6) is 5.75 Å². The number of hydrogen-bond acceptors (Lipinski definition) is 4. The molecule has 0 aliphatic carbocycles. The van der Waals surface area contributed by atoms with Crippen molar-refractivity contribution in [3.05, 3.63) is 29.3 Å². The summed E-state index contributed by atoms with van der Waals surface area (Å²) in [6.45, 7) is 7.41. The van der Waals surface area contributed by atoms with Crippen molar-refractivity contribution < 1.29 is 14.6 Å². The second-order valence-electron chi connectivity index (χ2n) is 5.69. The van der Waals surface area contributed by atoms with Gasteiger partial charge in [-0.15, -0.1) is 0 Å². The number of piperidine rings is 1. The molecule has 2 rings (SSSR count). The number of methoxy groups -OCH3 is 1. The fourth-order valence-electron chi connectivity index (χ4n) is 2.82. The lowest BCUT2D eigenvalue weighted by Gasteiger charge is -2.31. The molecule has 0 spiro atoms. The number of hydrogen-bond donors (Lipinski definition) is 1. The van der Waals surface area contributed by atoms with Crippen LogP contribution < -0.4 is 4.74 Å². The van der Waals surface area contributed by atoms with Gasteiger partial charge in [-0.3, -0.25) is 4.90 Å². The second kappa shape index (κ2) is 7.78. The summed E-state index contributed by atoms with van der Waals surface area (Å²) in [5.74, 6) is 0.927. The van der Waals surface area contributed by atoms with E-state index < -0.39 is 6.10 Å². The molecule has 4 heteroatoms. The number of aliphatic hydroxyl groups is 1. The Morgan fingerprint density at radius 1 is 1.33 bits per heavy atom. The molecular weight excluding hydrogens is 266 g/mol. The number of likely N-dealkylation sites (tertiary alicyclic amines) is 1. The Hall–Kier alpha value is -1.10. The van der Waals surface area contributed by atoms with E-state index in [1.165, 1.54) is 0 Å². The van der Waals surface area contributed by atoms with E-state index in [4.69, 9.17) is 9.47 Å². The molecule has 0 aromatic heterocycles. The molecule has 4 nitrogen and oxygen atoms in total. The predicted molar refractivity (Wildman–Crippen MR) is 83.6 cm³/mol. The fourth-order valence-corrected chi connectivity index (χ4v) is 2.82. The Morgan fingerprint density at radius 3 is 2.62 bits per heavy atom. The topological polar surface area (TPSA) is 41.9 Å². The molecule has 1 atom stereocenters. The van der Waals surface area contributed by atoms with Crippen LogP contribution in [0.25, 0.3) is 0 Å². The van der Waals surface area contributed by atoms with Gasteiger partial charge >= 0.3 is 0 Å². The largest absolute Gasteiger partial charge is 0.494 e. The smallest absolute Gasteiger partial charge is 0.123 e. The molecule has 118 valence electrons. The van der Waals surface area contributed by atoms with Crippen LogP contribution in [-0.4, -0.2) is 42.9 Å². The molecule has 0 saturated carbocycles. The van der Waals surface area contributed by atoms with Crippen LogP contribution >= 0.6 is 0 Å². The zero-order chi connectivity index (χ0) is 15.2. The molecule has 1 N–H and O–H groups in total. The summed E-state index contributed by atoms with van der Waals surface area (Å²) in [6.07, 6.45) is 2.11. The number of aliphatic hydroxyl groups excluding tert-OH is 1. The van der Waals surface area contributed by atoms with Crippen molar-refractivity contribution in [3.63, 3.8) is 0 Å². The van der Waals surface area contributed by atoms with E-state index in [1.807, 2.05) is 19.1 Å². The first-order valence-electron chi connectivity index (χ1n) is 7.82. The third kappa shape index (κ3) is 4.43. The third-order valence-corrected chi connectivity index (χ3v) is 4.13. The summed E-state index contributed by atoms with van der Waals surface area (Å²) in [6, 6.07) is 5.98. The summed E-state index contributed by atoms with van der Waals surface area (Å²) in [5.41, 5.74) is 2.10. The Morgan fingerprint density at radius 2 is 2.05 bits per heavy atom. The Bertz CT molecular complexity index is 440. The molecular formula is C17H27NO3. The summed E-state index contributed by atoms with van der Waals surface area (Å²) in [7, 11) is 1.79. The van der Waals surface area contributed by atoms with Crippen LogP contribution in [0.1, 0.15) is 43.9 Å². The monoisotopic (exact) mass is 293 g/mol. The summed E-state index contributed by atoms with van der Waals surface area (Å²) in [5, 5.41) is 9.77. The Labute approximate surface area is 127 Å². The van der Waals surface area contributed by atoms with Crippen molar-refractivity contribution in [2.45, 2.75) is 45.4 Å². The lowest BCUT2D eigenvalue weighted by Crippen LogP contribution is -2.36. The summed E-state index contributed by atoms with van der Waals surface area (Å²) in [4.78, 5) is 2.43. The van der Waals surface area contributed by atoms with Crippen LogP contribution in [0.4, 0.5) is 0 Å². The van der Waals surface area contributed by atoms with E-state index in [1.54, 1.807) is 14.0 Å². The van der Waals surface area contributed by atoms with E-state index in [2.05, 4.69) is 11.0 Å². The highest BCUT2D eigenvalue weighted by Gasteiger charge is 2.20. The van der Waals surface area contributed by atoms with Gasteiger partial charge in [-0.2, -0.15) is 0 Å². The van der Waals surface area contributed by atoms with Gasteiger partial charge in [0.05, 0.1) is 18.8 Å². The standard InChI is InChI=1S/C17H27NO3/c1-4-21-17-6-5-14(13(2)19)11-15(17)12-18-9-7-16(20-3)8-10-18/h5-6,11,13,16,19H,4,7-10,12H2,1-3H3. The average molecular weight is 293 g/mol. The van der Waals surface area contributed by atoms with Gasteiger partial charge in [-0.05, 0) is 44.4 Å². The van der Waals surface area contributed by atoms with Crippen LogP contribution in [0.15, 0.2) is 18.2 Å². The summed E-state index contributed by atoms with van der Waals surface area (Å²) >= 11 is 0. The number of ether oxygens (including phenoxy) is 2. The molecule has 1 saturated heterocycles. The number of benzene rings is 1. The molecule has 1 unspecified atom stereocenters. The third-order valence-electron chi connectivity index (χ3n) is 4.13. The zero-order valence-corrected chi connectivity index (χ0v) is 13.3. The van der Waals surface area contributed by atoms with Crippen molar-refractivity contribution in [2.24, 2.45) is 0 Å². The van der Waals surface area contributed by atoms with E-state index in [0.717, 1.165) is 49.4 Å². The molecule has 0 radical (unpaired) electrons. The maximum Gasteiger partial charge on any atom is 0.123 e. The van der Waals surface area contributed by atoms with Gasteiger partial charge < -0.3 is 14.6 Å². The lowest BCUT2D eigenvalue weighted by molar-refractivity contribution is 0.0386. The molecule has 1 aromatic carbocycles. The highest BCUT2D eigenvalue weighted by molar-refractivity contribution is 5.38. The molecule has 1 aromatic rings.